The second-order valence-electron chi connectivity index (χ2n) is 8.48. The molecule has 0 aliphatic rings. The largest absolute Gasteiger partial charge is 0.497 e. The molecule has 4 rings (SSSR count). The van der Waals surface area contributed by atoms with Crippen LogP contribution in [-0.4, -0.2) is 42.0 Å². The zero-order valence-electron chi connectivity index (χ0n) is 20.3. The summed E-state index contributed by atoms with van der Waals surface area (Å²) in [6, 6.07) is 15.9. The molecular formula is C28H28N4O4. The van der Waals surface area contributed by atoms with Gasteiger partial charge in [-0.15, -0.1) is 0 Å². The van der Waals surface area contributed by atoms with Crippen LogP contribution in [0.5, 0.6) is 5.75 Å². The number of nitrogens with two attached hydrogens (primary N) is 1. The van der Waals surface area contributed by atoms with Gasteiger partial charge in [-0.3, -0.25) is 10.2 Å². The molecule has 1 heterocycles. The SMILES string of the molecule is CCC(c1ccc(C(=O)NC)cc1-c1ccc(OC)cc1C(=O)O)c1c[nH]c2cc(C(=N)N)ccc12. The number of benzene rings is 3. The Hall–Kier alpha value is -4.59. The van der Waals surface area contributed by atoms with Gasteiger partial charge in [-0.25, -0.2) is 4.79 Å². The van der Waals surface area contributed by atoms with E-state index in [2.05, 4.69) is 17.2 Å². The van der Waals surface area contributed by atoms with Crippen molar-refractivity contribution in [1.29, 1.82) is 5.41 Å². The Balaban J connectivity index is 1.96. The average molecular weight is 485 g/mol. The average Bonchev–Trinajstić information content (AvgIpc) is 3.31. The number of fused-ring (bicyclic) bond motifs is 1. The number of H-pyrrole nitrogens is 1. The molecule has 3 aromatic carbocycles. The Labute approximate surface area is 208 Å². The van der Waals surface area contributed by atoms with E-state index in [9.17, 15) is 14.7 Å². The Morgan fingerprint density at radius 2 is 1.81 bits per heavy atom. The number of carbonyl (C=O) groups is 2. The number of methoxy groups -OCH3 is 1. The smallest absolute Gasteiger partial charge is 0.336 e. The van der Waals surface area contributed by atoms with Crippen molar-refractivity contribution in [2.24, 2.45) is 5.73 Å². The summed E-state index contributed by atoms with van der Waals surface area (Å²) in [6.45, 7) is 2.07. The number of aromatic amines is 1. The second-order valence-corrected chi connectivity index (χ2v) is 8.48. The summed E-state index contributed by atoms with van der Waals surface area (Å²) in [5.74, 6) is -1.01. The summed E-state index contributed by atoms with van der Waals surface area (Å²) in [5.41, 5.74) is 10.8. The number of carboxylic acids is 1. The standard InChI is InChI=1S/C28H28N4O4/c1-4-18(24-14-32-25-12-15(26(29)30)5-9-21(24)25)19-8-6-16(27(33)31-2)11-22(19)20-10-7-17(36-3)13-23(20)28(34)35/h5-14,18,32H,4H2,1-3H3,(H3,29,30)(H,31,33)(H,34,35). The predicted octanol–water partition coefficient (Wildman–Crippen LogP) is 4.73. The first-order valence-electron chi connectivity index (χ1n) is 11.5. The van der Waals surface area contributed by atoms with E-state index in [1.165, 1.54) is 13.2 Å². The first-order chi connectivity index (χ1) is 17.3. The minimum atomic E-state index is -1.09. The van der Waals surface area contributed by atoms with Crippen LogP contribution in [0.15, 0.2) is 60.8 Å². The van der Waals surface area contributed by atoms with Crippen LogP contribution in [0.4, 0.5) is 0 Å². The third kappa shape index (κ3) is 4.40. The lowest BCUT2D eigenvalue weighted by molar-refractivity contribution is 0.0697. The summed E-state index contributed by atoms with van der Waals surface area (Å²) >= 11 is 0. The van der Waals surface area contributed by atoms with E-state index in [-0.39, 0.29) is 23.2 Å². The van der Waals surface area contributed by atoms with Crippen molar-refractivity contribution in [2.45, 2.75) is 19.3 Å². The van der Waals surface area contributed by atoms with Crippen molar-refractivity contribution in [3.8, 4) is 16.9 Å². The molecular weight excluding hydrogens is 456 g/mol. The van der Waals surface area contributed by atoms with Crippen LogP contribution < -0.4 is 15.8 Å². The number of nitrogens with one attached hydrogen (secondary N) is 3. The predicted molar refractivity (Wildman–Crippen MR) is 140 cm³/mol. The summed E-state index contributed by atoms with van der Waals surface area (Å²) < 4.78 is 5.25. The van der Waals surface area contributed by atoms with Gasteiger partial charge in [0.05, 0.1) is 12.7 Å². The van der Waals surface area contributed by atoms with E-state index in [0.29, 0.717) is 28.0 Å². The fraction of sp³-hybridized carbons (Fsp3) is 0.179. The molecule has 0 spiro atoms. The Morgan fingerprint density at radius 1 is 1.06 bits per heavy atom. The van der Waals surface area contributed by atoms with Crippen molar-refractivity contribution in [3.05, 3.63) is 88.6 Å². The van der Waals surface area contributed by atoms with Crippen LogP contribution >= 0.6 is 0 Å². The van der Waals surface area contributed by atoms with Gasteiger partial charge >= 0.3 is 5.97 Å². The Bertz CT molecular complexity index is 1490. The van der Waals surface area contributed by atoms with Gasteiger partial charge in [-0.2, -0.15) is 0 Å². The molecule has 4 aromatic rings. The second kappa shape index (κ2) is 9.95. The monoisotopic (exact) mass is 484 g/mol. The molecule has 0 radical (unpaired) electrons. The van der Waals surface area contributed by atoms with Crippen LogP contribution in [0, 0.1) is 5.41 Å². The summed E-state index contributed by atoms with van der Waals surface area (Å²) in [7, 11) is 3.04. The van der Waals surface area contributed by atoms with Gasteiger partial charge in [-0.1, -0.05) is 25.1 Å². The number of carbonyl (C=O) groups excluding carboxylic acids is 1. The number of amides is 1. The summed E-state index contributed by atoms with van der Waals surface area (Å²) in [6.07, 6.45) is 2.66. The lowest BCUT2D eigenvalue weighted by Gasteiger charge is -2.21. The van der Waals surface area contributed by atoms with Gasteiger partial charge in [0.2, 0.25) is 0 Å². The number of ether oxygens (including phenoxy) is 1. The summed E-state index contributed by atoms with van der Waals surface area (Å²) in [5, 5.41) is 21.3. The maximum Gasteiger partial charge on any atom is 0.336 e. The lowest BCUT2D eigenvalue weighted by Crippen LogP contribution is -2.18. The van der Waals surface area contributed by atoms with Gasteiger partial charge in [-0.05, 0) is 65.1 Å². The highest BCUT2D eigenvalue weighted by atomic mass is 16.5. The highest BCUT2D eigenvalue weighted by Crippen LogP contribution is 2.40. The fourth-order valence-electron chi connectivity index (χ4n) is 4.65. The number of amidine groups is 1. The van der Waals surface area contributed by atoms with E-state index < -0.39 is 5.97 Å². The van der Waals surface area contributed by atoms with Gasteiger partial charge in [0, 0.05) is 41.2 Å². The summed E-state index contributed by atoms with van der Waals surface area (Å²) in [4.78, 5) is 28.0. The van der Waals surface area contributed by atoms with Gasteiger partial charge in [0.1, 0.15) is 11.6 Å². The van der Waals surface area contributed by atoms with Crippen molar-refractivity contribution in [3.63, 3.8) is 0 Å². The number of aromatic carboxylic acids is 1. The van der Waals surface area contributed by atoms with E-state index in [1.54, 1.807) is 31.3 Å². The van der Waals surface area contributed by atoms with Gasteiger partial charge in [0.25, 0.3) is 5.91 Å². The topological polar surface area (TPSA) is 141 Å². The van der Waals surface area contributed by atoms with Crippen molar-refractivity contribution in [1.82, 2.24) is 10.3 Å². The van der Waals surface area contributed by atoms with E-state index in [0.717, 1.165) is 28.5 Å². The maximum atomic E-state index is 12.5. The third-order valence-corrected chi connectivity index (χ3v) is 6.47. The molecule has 0 saturated heterocycles. The van der Waals surface area contributed by atoms with Gasteiger partial charge < -0.3 is 25.9 Å². The first kappa shape index (κ1) is 24.5. The molecule has 8 nitrogen and oxygen atoms in total. The molecule has 36 heavy (non-hydrogen) atoms. The quantitative estimate of drug-likeness (QED) is 0.182. The molecule has 6 N–H and O–H groups in total. The molecule has 184 valence electrons. The van der Waals surface area contributed by atoms with E-state index in [1.807, 2.05) is 30.5 Å². The maximum absolute atomic E-state index is 12.5. The minimum Gasteiger partial charge on any atom is -0.497 e. The van der Waals surface area contributed by atoms with Crippen LogP contribution in [0.1, 0.15) is 56.7 Å². The Kier molecular flexibility index (Phi) is 6.78. The molecule has 1 unspecified atom stereocenters. The van der Waals surface area contributed by atoms with Crippen LogP contribution in [-0.2, 0) is 0 Å². The molecule has 1 aromatic heterocycles. The number of rotatable bonds is 8. The first-order valence-corrected chi connectivity index (χ1v) is 11.5. The van der Waals surface area contributed by atoms with Crippen molar-refractivity contribution in [2.75, 3.05) is 14.2 Å². The molecule has 0 aliphatic heterocycles. The molecule has 1 atom stereocenters. The normalized spacial score (nSPS) is 11.8. The molecule has 8 heteroatoms. The molecule has 0 fully saturated rings. The van der Waals surface area contributed by atoms with Crippen molar-refractivity contribution >= 4 is 28.6 Å². The highest BCUT2D eigenvalue weighted by molar-refractivity contribution is 6.01. The Morgan fingerprint density at radius 3 is 2.44 bits per heavy atom. The molecule has 0 saturated carbocycles. The fourth-order valence-corrected chi connectivity index (χ4v) is 4.65. The van der Waals surface area contributed by atoms with E-state index in [4.69, 9.17) is 15.9 Å². The van der Waals surface area contributed by atoms with Gasteiger partial charge in [0.15, 0.2) is 0 Å². The lowest BCUT2D eigenvalue weighted by atomic mass is 9.82. The zero-order chi connectivity index (χ0) is 26.0. The molecule has 0 aliphatic carbocycles. The van der Waals surface area contributed by atoms with Crippen LogP contribution in [0.25, 0.3) is 22.0 Å². The number of aromatic nitrogens is 1. The number of nitrogen functional groups attached to an aromatic ring is 1. The minimum absolute atomic E-state index is 0.00660. The number of carboxylic acid groups (broad SMARTS) is 1. The molecule has 1 amide bonds. The highest BCUT2D eigenvalue weighted by Gasteiger charge is 2.24. The number of hydrogen-bond donors (Lipinski definition) is 5. The van der Waals surface area contributed by atoms with E-state index >= 15 is 0 Å². The number of hydrogen-bond acceptors (Lipinski definition) is 4. The van der Waals surface area contributed by atoms with Crippen LogP contribution in [0.2, 0.25) is 0 Å². The van der Waals surface area contributed by atoms with Crippen LogP contribution in [0.3, 0.4) is 0 Å². The van der Waals surface area contributed by atoms with Crippen molar-refractivity contribution < 1.29 is 19.4 Å². The third-order valence-electron chi connectivity index (χ3n) is 6.47. The zero-order valence-corrected chi connectivity index (χ0v) is 20.3. The molecule has 0 bridgehead atoms.